The Kier molecular flexibility index (Phi) is 4.71. The van der Waals surface area contributed by atoms with Crippen LogP contribution in [0.15, 0.2) is 35.5 Å². The summed E-state index contributed by atoms with van der Waals surface area (Å²) in [6, 6.07) is 6.63. The van der Waals surface area contributed by atoms with E-state index in [0.29, 0.717) is 31.0 Å². The largest absolute Gasteiger partial charge is 0.497 e. The van der Waals surface area contributed by atoms with Crippen LogP contribution >= 0.6 is 0 Å². The molecule has 7 heteroatoms. The van der Waals surface area contributed by atoms with Crippen molar-refractivity contribution in [2.45, 2.75) is 12.5 Å². The van der Waals surface area contributed by atoms with Crippen molar-refractivity contribution >= 4 is 11.9 Å². The summed E-state index contributed by atoms with van der Waals surface area (Å²) in [6.07, 6.45) is 0.761. The van der Waals surface area contributed by atoms with Gasteiger partial charge in [0.1, 0.15) is 5.75 Å². The predicted octanol–water partition coefficient (Wildman–Crippen LogP) is 1.18. The van der Waals surface area contributed by atoms with Gasteiger partial charge in [-0.05, 0) is 24.1 Å². The highest BCUT2D eigenvalue weighted by molar-refractivity contribution is 6.01. The van der Waals surface area contributed by atoms with Gasteiger partial charge < -0.3 is 25.0 Å². The molecular weight excluding hydrogens is 310 g/mol. The highest BCUT2D eigenvalue weighted by Gasteiger charge is 2.40. The highest BCUT2D eigenvalue weighted by atomic mass is 16.5. The second-order valence-corrected chi connectivity index (χ2v) is 5.77. The molecule has 0 unspecified atom stereocenters. The molecule has 2 aliphatic heterocycles. The fourth-order valence-corrected chi connectivity index (χ4v) is 3.05. The van der Waals surface area contributed by atoms with Crippen molar-refractivity contribution in [3.05, 3.63) is 41.1 Å². The van der Waals surface area contributed by atoms with E-state index in [0.717, 1.165) is 17.7 Å². The minimum atomic E-state index is -0.445. The Bertz CT molecular complexity index is 669. The molecular formula is C17H21N3O4. The van der Waals surface area contributed by atoms with Gasteiger partial charge in [-0.2, -0.15) is 0 Å². The van der Waals surface area contributed by atoms with E-state index < -0.39 is 6.04 Å². The van der Waals surface area contributed by atoms with Crippen molar-refractivity contribution in [1.82, 2.24) is 15.5 Å². The summed E-state index contributed by atoms with van der Waals surface area (Å²) in [5.41, 5.74) is 2.14. The first kappa shape index (κ1) is 16.3. The molecule has 0 spiro atoms. The van der Waals surface area contributed by atoms with Gasteiger partial charge in [0.2, 0.25) is 0 Å². The van der Waals surface area contributed by atoms with Crippen LogP contribution in [0.1, 0.15) is 18.0 Å². The number of urea groups is 1. The molecule has 2 aliphatic rings. The van der Waals surface area contributed by atoms with Crippen LogP contribution in [0.4, 0.5) is 4.79 Å². The van der Waals surface area contributed by atoms with E-state index in [4.69, 9.17) is 9.47 Å². The minimum Gasteiger partial charge on any atom is -0.497 e. The monoisotopic (exact) mass is 331 g/mol. The normalized spacial score (nSPS) is 19.9. The summed E-state index contributed by atoms with van der Waals surface area (Å²) in [5, 5.41) is 5.60. The molecule has 0 fully saturated rings. The van der Waals surface area contributed by atoms with E-state index in [2.05, 4.69) is 10.6 Å². The zero-order valence-corrected chi connectivity index (χ0v) is 13.8. The van der Waals surface area contributed by atoms with Gasteiger partial charge in [0, 0.05) is 20.3 Å². The second-order valence-electron chi connectivity index (χ2n) is 5.77. The number of carbonyl (C=O) groups excluding carboxylic acids is 2. The number of carbonyl (C=O) groups is 2. The zero-order chi connectivity index (χ0) is 17.1. The average Bonchev–Trinajstić information content (AvgIpc) is 2.90. The molecule has 24 heavy (non-hydrogen) atoms. The van der Waals surface area contributed by atoms with E-state index in [1.165, 1.54) is 0 Å². The molecule has 0 saturated heterocycles. The van der Waals surface area contributed by atoms with Crippen molar-refractivity contribution in [3.63, 3.8) is 0 Å². The summed E-state index contributed by atoms with van der Waals surface area (Å²) >= 11 is 0. The molecule has 1 aromatic carbocycles. The molecule has 3 rings (SSSR count). The molecule has 2 N–H and O–H groups in total. The lowest BCUT2D eigenvalue weighted by Gasteiger charge is -2.25. The van der Waals surface area contributed by atoms with Crippen LogP contribution in [-0.2, 0) is 9.53 Å². The summed E-state index contributed by atoms with van der Waals surface area (Å²) in [4.78, 5) is 26.5. The second kappa shape index (κ2) is 6.92. The number of hydrogen-bond donors (Lipinski definition) is 2. The summed E-state index contributed by atoms with van der Waals surface area (Å²) in [6.45, 7) is 1.63. The maximum absolute atomic E-state index is 12.8. The number of methoxy groups -OCH3 is 2. The lowest BCUT2D eigenvalue weighted by Crippen LogP contribution is -2.44. The Morgan fingerprint density at radius 1 is 1.21 bits per heavy atom. The van der Waals surface area contributed by atoms with Crippen molar-refractivity contribution in [2.75, 3.05) is 33.9 Å². The average molecular weight is 331 g/mol. The number of nitrogens with zero attached hydrogens (tertiary/aromatic N) is 1. The molecule has 0 bridgehead atoms. The van der Waals surface area contributed by atoms with Crippen LogP contribution in [0.3, 0.4) is 0 Å². The van der Waals surface area contributed by atoms with Gasteiger partial charge in [-0.1, -0.05) is 12.1 Å². The first-order valence-electron chi connectivity index (χ1n) is 7.86. The quantitative estimate of drug-likeness (QED) is 0.767. The van der Waals surface area contributed by atoms with Crippen molar-refractivity contribution in [1.29, 1.82) is 0 Å². The van der Waals surface area contributed by atoms with E-state index in [1.54, 1.807) is 19.1 Å². The third kappa shape index (κ3) is 3.07. The topological polar surface area (TPSA) is 79.9 Å². The van der Waals surface area contributed by atoms with Gasteiger partial charge in [-0.25, -0.2) is 4.79 Å². The molecule has 3 amide bonds. The van der Waals surface area contributed by atoms with Gasteiger partial charge >= 0.3 is 6.03 Å². The van der Waals surface area contributed by atoms with E-state index >= 15 is 0 Å². The number of nitrogens with one attached hydrogen (secondary N) is 2. The SMILES string of the molecule is COCCCN1CC2=C(C1=O)[C@@H](c1ccc(OC)cc1)NC(=O)N2. The van der Waals surface area contributed by atoms with Crippen LogP contribution in [0.5, 0.6) is 5.75 Å². The number of hydrogen-bond acceptors (Lipinski definition) is 4. The Labute approximate surface area is 140 Å². The molecule has 0 aliphatic carbocycles. The zero-order valence-electron chi connectivity index (χ0n) is 13.8. The highest BCUT2D eigenvalue weighted by Crippen LogP contribution is 2.33. The summed E-state index contributed by atoms with van der Waals surface area (Å²) < 4.78 is 10.2. The number of amides is 3. The Morgan fingerprint density at radius 3 is 2.62 bits per heavy atom. The molecule has 7 nitrogen and oxygen atoms in total. The van der Waals surface area contributed by atoms with Crippen molar-refractivity contribution in [3.8, 4) is 5.75 Å². The Morgan fingerprint density at radius 2 is 1.96 bits per heavy atom. The van der Waals surface area contributed by atoms with Gasteiger partial charge in [0.15, 0.2) is 0 Å². The number of rotatable bonds is 6. The third-order valence-electron chi connectivity index (χ3n) is 4.25. The fraction of sp³-hybridized carbons (Fsp3) is 0.412. The lowest BCUT2D eigenvalue weighted by molar-refractivity contribution is -0.125. The Balaban J connectivity index is 1.83. The predicted molar refractivity (Wildman–Crippen MR) is 87.5 cm³/mol. The fourth-order valence-electron chi connectivity index (χ4n) is 3.05. The molecule has 1 aromatic rings. The molecule has 0 aromatic heterocycles. The minimum absolute atomic E-state index is 0.0468. The number of benzene rings is 1. The molecule has 128 valence electrons. The maximum atomic E-state index is 12.8. The van der Waals surface area contributed by atoms with Gasteiger partial charge in [-0.15, -0.1) is 0 Å². The van der Waals surface area contributed by atoms with Crippen molar-refractivity contribution < 1.29 is 19.1 Å². The maximum Gasteiger partial charge on any atom is 0.319 e. The lowest BCUT2D eigenvalue weighted by atomic mass is 9.96. The first-order valence-corrected chi connectivity index (χ1v) is 7.86. The van der Waals surface area contributed by atoms with Gasteiger partial charge in [0.05, 0.1) is 31.0 Å². The Hall–Kier alpha value is -2.54. The van der Waals surface area contributed by atoms with E-state index in [9.17, 15) is 9.59 Å². The smallest absolute Gasteiger partial charge is 0.319 e. The number of ether oxygens (including phenoxy) is 2. The van der Waals surface area contributed by atoms with E-state index in [1.807, 2.05) is 24.3 Å². The molecule has 1 atom stereocenters. The first-order chi connectivity index (χ1) is 11.6. The standard InChI is InChI=1S/C17H21N3O4/c1-23-9-3-8-20-10-13-14(16(20)21)15(19-17(22)18-13)11-4-6-12(24-2)7-5-11/h4-7,15H,3,8-10H2,1-2H3,(H2,18,19,22)/t15-/m1/s1. The van der Waals surface area contributed by atoms with Crippen LogP contribution in [0.25, 0.3) is 0 Å². The van der Waals surface area contributed by atoms with Crippen LogP contribution < -0.4 is 15.4 Å². The van der Waals surface area contributed by atoms with Crippen LogP contribution in [-0.4, -0.2) is 50.8 Å². The molecule has 2 heterocycles. The molecule has 0 radical (unpaired) electrons. The van der Waals surface area contributed by atoms with Gasteiger partial charge in [-0.3, -0.25) is 4.79 Å². The van der Waals surface area contributed by atoms with Crippen LogP contribution in [0.2, 0.25) is 0 Å². The summed E-state index contributed by atoms with van der Waals surface area (Å²) in [5.74, 6) is 0.682. The molecule has 0 saturated carbocycles. The van der Waals surface area contributed by atoms with Crippen molar-refractivity contribution in [2.24, 2.45) is 0 Å². The van der Waals surface area contributed by atoms with E-state index in [-0.39, 0.29) is 11.9 Å². The summed E-state index contributed by atoms with van der Waals surface area (Å²) in [7, 11) is 3.24. The third-order valence-corrected chi connectivity index (χ3v) is 4.25. The van der Waals surface area contributed by atoms with Crippen LogP contribution in [0, 0.1) is 0 Å². The van der Waals surface area contributed by atoms with Gasteiger partial charge in [0.25, 0.3) is 5.91 Å².